The van der Waals surface area contributed by atoms with Gasteiger partial charge in [-0.2, -0.15) is 4.31 Å². The van der Waals surface area contributed by atoms with Gasteiger partial charge in [-0.3, -0.25) is 4.79 Å². The zero-order valence-corrected chi connectivity index (χ0v) is 13.9. The molecule has 0 bridgehead atoms. The van der Waals surface area contributed by atoms with Crippen molar-refractivity contribution in [3.63, 3.8) is 0 Å². The van der Waals surface area contributed by atoms with E-state index < -0.39 is 10.0 Å². The summed E-state index contributed by atoms with van der Waals surface area (Å²) in [5.74, 6) is -0.307. The largest absolute Gasteiger partial charge is 0.353 e. The third-order valence-corrected chi connectivity index (χ3v) is 4.80. The highest BCUT2D eigenvalue weighted by atomic mass is 32.2. The monoisotopic (exact) mass is 312 g/mol. The van der Waals surface area contributed by atoms with Gasteiger partial charge in [0.2, 0.25) is 15.9 Å². The van der Waals surface area contributed by atoms with Gasteiger partial charge in [0, 0.05) is 13.1 Å². The molecule has 0 aliphatic carbocycles. The summed E-state index contributed by atoms with van der Waals surface area (Å²) in [4.78, 5) is 11.9. The topological polar surface area (TPSA) is 66.5 Å². The third-order valence-electron chi connectivity index (χ3n) is 2.99. The smallest absolute Gasteiger partial charge is 0.243 e. The van der Waals surface area contributed by atoms with Gasteiger partial charge in [-0.15, -0.1) is 0 Å². The van der Waals surface area contributed by atoms with Crippen molar-refractivity contribution < 1.29 is 13.2 Å². The van der Waals surface area contributed by atoms with Crippen LogP contribution in [0.25, 0.3) is 0 Å². The van der Waals surface area contributed by atoms with Crippen molar-refractivity contribution >= 4 is 15.9 Å². The molecule has 0 spiro atoms. The maximum atomic E-state index is 12.4. The zero-order chi connectivity index (χ0) is 16.0. The van der Waals surface area contributed by atoms with Crippen LogP contribution in [0, 0.1) is 0 Å². The second kappa shape index (κ2) is 7.56. The van der Waals surface area contributed by atoms with Crippen molar-refractivity contribution in [2.75, 3.05) is 13.6 Å². The Labute approximate surface area is 127 Å². The molecule has 1 aromatic rings. The van der Waals surface area contributed by atoms with E-state index in [0.29, 0.717) is 0 Å². The van der Waals surface area contributed by atoms with Crippen LogP contribution in [-0.2, 0) is 21.2 Å². The first kappa shape index (κ1) is 17.7. The fraction of sp³-hybridized carbons (Fsp3) is 0.533. The molecule has 0 unspecified atom stereocenters. The molecule has 5 nitrogen and oxygen atoms in total. The Balaban J connectivity index is 2.81. The Kier molecular flexibility index (Phi) is 6.36. The first-order valence-electron chi connectivity index (χ1n) is 7.12. The highest BCUT2D eigenvalue weighted by Crippen LogP contribution is 2.15. The molecular formula is C15H24N2O3S. The van der Waals surface area contributed by atoms with Crippen LogP contribution < -0.4 is 5.32 Å². The molecule has 1 rings (SSSR count). The van der Waals surface area contributed by atoms with Crippen molar-refractivity contribution in [2.45, 2.75) is 44.6 Å². The Hall–Kier alpha value is -1.40. The molecule has 0 atom stereocenters. The van der Waals surface area contributed by atoms with Gasteiger partial charge in [-0.1, -0.05) is 25.5 Å². The van der Waals surface area contributed by atoms with E-state index in [4.69, 9.17) is 0 Å². The number of nitrogens with zero attached hydrogens (tertiary/aromatic N) is 1. The van der Waals surface area contributed by atoms with Gasteiger partial charge >= 0.3 is 0 Å². The predicted molar refractivity (Wildman–Crippen MR) is 83.5 cm³/mol. The molecule has 1 aromatic carbocycles. The minimum atomic E-state index is -3.63. The molecular weight excluding hydrogens is 288 g/mol. The number of benzene rings is 1. The summed E-state index contributed by atoms with van der Waals surface area (Å²) >= 11 is 0. The van der Waals surface area contributed by atoms with E-state index in [9.17, 15) is 13.2 Å². The fourth-order valence-electron chi connectivity index (χ4n) is 1.95. The quantitative estimate of drug-likeness (QED) is 0.834. The first-order chi connectivity index (χ1) is 9.77. The van der Waals surface area contributed by atoms with E-state index in [-0.39, 0.29) is 23.4 Å². The van der Waals surface area contributed by atoms with E-state index in [2.05, 4.69) is 12.2 Å². The average Bonchev–Trinajstić information content (AvgIpc) is 2.38. The van der Waals surface area contributed by atoms with Crippen LogP contribution in [-0.4, -0.2) is 38.3 Å². The predicted octanol–water partition coefficient (Wildman–Crippen LogP) is 1.78. The summed E-state index contributed by atoms with van der Waals surface area (Å²) in [7, 11) is -2.22. The molecule has 1 amide bonds. The molecule has 21 heavy (non-hydrogen) atoms. The average molecular weight is 312 g/mol. The standard InChI is InChI=1S/C15H24N2O3S/c1-5-6-13-7-9-14(10-8-13)21(19,20)17(4)11-15(18)16-12(2)3/h7-10,12H,5-6,11H2,1-4H3,(H,16,18). The highest BCUT2D eigenvalue weighted by molar-refractivity contribution is 7.89. The second-order valence-corrected chi connectivity index (χ2v) is 7.42. The van der Waals surface area contributed by atoms with Gasteiger partial charge < -0.3 is 5.32 Å². The Bertz CT molecular complexity index is 565. The van der Waals surface area contributed by atoms with E-state index >= 15 is 0 Å². The molecule has 0 aliphatic rings. The highest BCUT2D eigenvalue weighted by Gasteiger charge is 2.22. The molecule has 0 radical (unpaired) electrons. The van der Waals surface area contributed by atoms with Crippen molar-refractivity contribution in [3.8, 4) is 0 Å². The van der Waals surface area contributed by atoms with Gasteiger partial charge in [-0.25, -0.2) is 8.42 Å². The van der Waals surface area contributed by atoms with E-state index in [0.717, 1.165) is 22.7 Å². The second-order valence-electron chi connectivity index (χ2n) is 5.38. The lowest BCUT2D eigenvalue weighted by atomic mass is 10.1. The Morgan fingerprint density at radius 2 is 1.81 bits per heavy atom. The summed E-state index contributed by atoms with van der Waals surface area (Å²) < 4.78 is 25.8. The molecule has 0 saturated heterocycles. The van der Waals surface area contributed by atoms with Crippen LogP contribution in [0.3, 0.4) is 0 Å². The minimum absolute atomic E-state index is 0.0121. The van der Waals surface area contributed by atoms with Gasteiger partial charge in [0.25, 0.3) is 0 Å². The van der Waals surface area contributed by atoms with Gasteiger partial charge in [0.1, 0.15) is 0 Å². The molecule has 0 aliphatic heterocycles. The van der Waals surface area contributed by atoms with Crippen LogP contribution in [0.2, 0.25) is 0 Å². The van der Waals surface area contributed by atoms with Crippen LogP contribution in [0.5, 0.6) is 0 Å². The molecule has 0 fully saturated rings. The number of carbonyl (C=O) groups is 1. The summed E-state index contributed by atoms with van der Waals surface area (Å²) in [6.45, 7) is 5.56. The van der Waals surface area contributed by atoms with Crippen LogP contribution in [0.15, 0.2) is 29.2 Å². The lowest BCUT2D eigenvalue weighted by molar-refractivity contribution is -0.121. The number of hydrogen-bond donors (Lipinski definition) is 1. The maximum absolute atomic E-state index is 12.4. The SMILES string of the molecule is CCCc1ccc(S(=O)(=O)N(C)CC(=O)NC(C)C)cc1. The summed E-state index contributed by atoms with van der Waals surface area (Å²) in [5.41, 5.74) is 1.11. The Morgan fingerprint density at radius 1 is 1.24 bits per heavy atom. The molecule has 0 saturated carbocycles. The van der Waals surface area contributed by atoms with Crippen molar-refractivity contribution in [3.05, 3.63) is 29.8 Å². The maximum Gasteiger partial charge on any atom is 0.243 e. The molecule has 0 heterocycles. The summed E-state index contributed by atoms with van der Waals surface area (Å²) in [6, 6.07) is 6.81. The third kappa shape index (κ3) is 5.13. The van der Waals surface area contributed by atoms with Gasteiger partial charge in [0.05, 0.1) is 11.4 Å². The number of amides is 1. The van der Waals surface area contributed by atoms with E-state index in [1.807, 2.05) is 26.0 Å². The first-order valence-corrected chi connectivity index (χ1v) is 8.56. The molecule has 0 aromatic heterocycles. The zero-order valence-electron chi connectivity index (χ0n) is 13.1. The van der Waals surface area contributed by atoms with Crippen LogP contribution in [0.4, 0.5) is 0 Å². The van der Waals surface area contributed by atoms with E-state index in [1.165, 1.54) is 7.05 Å². The van der Waals surface area contributed by atoms with E-state index in [1.54, 1.807) is 12.1 Å². The summed E-state index contributed by atoms with van der Waals surface area (Å²) in [6.07, 6.45) is 1.94. The number of nitrogens with one attached hydrogen (secondary N) is 1. The summed E-state index contributed by atoms with van der Waals surface area (Å²) in [5, 5.41) is 2.68. The number of likely N-dealkylation sites (N-methyl/N-ethyl adjacent to an activating group) is 1. The number of sulfonamides is 1. The number of hydrogen-bond acceptors (Lipinski definition) is 3. The van der Waals surface area contributed by atoms with Crippen LogP contribution in [0.1, 0.15) is 32.8 Å². The Morgan fingerprint density at radius 3 is 2.29 bits per heavy atom. The van der Waals surface area contributed by atoms with Crippen molar-refractivity contribution in [2.24, 2.45) is 0 Å². The number of aryl methyl sites for hydroxylation is 1. The normalized spacial score (nSPS) is 11.9. The molecule has 118 valence electrons. The number of carbonyl (C=O) groups excluding carboxylic acids is 1. The van der Waals surface area contributed by atoms with Crippen molar-refractivity contribution in [1.82, 2.24) is 9.62 Å². The van der Waals surface area contributed by atoms with Crippen molar-refractivity contribution in [1.29, 1.82) is 0 Å². The molecule has 6 heteroatoms. The molecule has 1 N–H and O–H groups in total. The van der Waals surface area contributed by atoms with Gasteiger partial charge in [-0.05, 0) is 38.0 Å². The fourth-order valence-corrected chi connectivity index (χ4v) is 3.08. The number of rotatable bonds is 7. The van der Waals surface area contributed by atoms with Crippen LogP contribution >= 0.6 is 0 Å². The lowest BCUT2D eigenvalue weighted by Crippen LogP contribution is -2.40. The van der Waals surface area contributed by atoms with Gasteiger partial charge in [0.15, 0.2) is 0 Å². The lowest BCUT2D eigenvalue weighted by Gasteiger charge is -2.18. The minimum Gasteiger partial charge on any atom is -0.353 e.